The Labute approximate surface area is 106 Å². The van der Waals surface area contributed by atoms with Crippen molar-refractivity contribution in [3.8, 4) is 0 Å². The molecule has 0 unspecified atom stereocenters. The van der Waals surface area contributed by atoms with Crippen LogP contribution >= 0.6 is 0 Å². The van der Waals surface area contributed by atoms with Crippen LogP contribution in [0.25, 0.3) is 0 Å². The van der Waals surface area contributed by atoms with Crippen LogP contribution in [0.2, 0.25) is 0 Å². The van der Waals surface area contributed by atoms with Crippen molar-refractivity contribution < 1.29 is 9.59 Å². The van der Waals surface area contributed by atoms with Crippen LogP contribution in [-0.2, 0) is 4.79 Å². The third-order valence-corrected chi connectivity index (χ3v) is 2.53. The number of rotatable bonds is 5. The molecule has 0 aliphatic rings. The van der Waals surface area contributed by atoms with Crippen molar-refractivity contribution in [2.75, 3.05) is 7.05 Å². The summed E-state index contributed by atoms with van der Waals surface area (Å²) in [6.45, 7) is 3.75. The van der Waals surface area contributed by atoms with Crippen LogP contribution in [0.1, 0.15) is 37.0 Å². The molecule has 0 spiro atoms. The third kappa shape index (κ3) is 4.48. The van der Waals surface area contributed by atoms with Crippen LogP contribution in [0, 0.1) is 0 Å². The van der Waals surface area contributed by atoms with Gasteiger partial charge in [0.05, 0.1) is 5.56 Å². The van der Waals surface area contributed by atoms with Crippen molar-refractivity contribution in [1.29, 1.82) is 0 Å². The van der Waals surface area contributed by atoms with Crippen LogP contribution in [-0.4, -0.2) is 34.4 Å². The Morgan fingerprint density at radius 3 is 2.44 bits per heavy atom. The van der Waals surface area contributed by atoms with Crippen molar-refractivity contribution in [3.05, 3.63) is 24.3 Å². The van der Waals surface area contributed by atoms with Crippen LogP contribution in [0.15, 0.2) is 18.7 Å². The van der Waals surface area contributed by atoms with Crippen molar-refractivity contribution in [2.45, 2.75) is 32.2 Å². The SMILES string of the molecule is CNC(=O)CCC(C)(C)NC(=O)c1cncnc1. The fourth-order valence-corrected chi connectivity index (χ4v) is 1.41. The summed E-state index contributed by atoms with van der Waals surface area (Å²) in [6.07, 6.45) is 5.21. The number of hydrogen-bond donors (Lipinski definition) is 2. The maximum absolute atomic E-state index is 11.9. The second kappa shape index (κ2) is 6.09. The average molecular weight is 250 g/mol. The molecule has 1 heterocycles. The number of amides is 2. The van der Waals surface area contributed by atoms with E-state index in [1.165, 1.54) is 18.7 Å². The smallest absolute Gasteiger partial charge is 0.254 e. The Bertz CT molecular complexity index is 417. The molecule has 0 saturated carbocycles. The molecule has 0 bridgehead atoms. The highest BCUT2D eigenvalue weighted by Gasteiger charge is 2.22. The van der Waals surface area contributed by atoms with Gasteiger partial charge in [0.15, 0.2) is 0 Å². The predicted molar refractivity (Wildman–Crippen MR) is 66.9 cm³/mol. The topological polar surface area (TPSA) is 84.0 Å². The van der Waals surface area contributed by atoms with Gasteiger partial charge in [0.1, 0.15) is 6.33 Å². The number of carbonyl (C=O) groups excluding carboxylic acids is 2. The molecule has 1 rings (SSSR count). The molecule has 0 radical (unpaired) electrons. The molecule has 2 N–H and O–H groups in total. The van der Waals surface area contributed by atoms with Gasteiger partial charge in [0.25, 0.3) is 5.91 Å². The number of nitrogens with zero attached hydrogens (tertiary/aromatic N) is 2. The van der Waals surface area contributed by atoms with Crippen molar-refractivity contribution in [3.63, 3.8) is 0 Å². The summed E-state index contributed by atoms with van der Waals surface area (Å²) < 4.78 is 0. The van der Waals surface area contributed by atoms with E-state index in [-0.39, 0.29) is 11.8 Å². The van der Waals surface area contributed by atoms with Gasteiger partial charge in [0.2, 0.25) is 5.91 Å². The maximum Gasteiger partial charge on any atom is 0.254 e. The normalized spacial score (nSPS) is 10.8. The van der Waals surface area contributed by atoms with Crippen LogP contribution in [0.3, 0.4) is 0 Å². The first-order valence-electron chi connectivity index (χ1n) is 5.73. The molecule has 0 aromatic carbocycles. The molecular formula is C12H18N4O2. The second-order valence-corrected chi connectivity index (χ2v) is 4.64. The number of nitrogens with one attached hydrogen (secondary N) is 2. The Kier molecular flexibility index (Phi) is 4.76. The minimum atomic E-state index is -0.459. The van der Waals surface area contributed by atoms with E-state index >= 15 is 0 Å². The quantitative estimate of drug-likeness (QED) is 0.797. The first-order valence-corrected chi connectivity index (χ1v) is 5.73. The molecule has 1 aromatic heterocycles. The highest BCUT2D eigenvalue weighted by Crippen LogP contribution is 2.12. The van der Waals surface area contributed by atoms with Gasteiger partial charge >= 0.3 is 0 Å². The monoisotopic (exact) mass is 250 g/mol. The molecule has 18 heavy (non-hydrogen) atoms. The molecular weight excluding hydrogens is 232 g/mol. The van der Waals surface area contributed by atoms with E-state index in [0.717, 1.165) is 0 Å². The van der Waals surface area contributed by atoms with Gasteiger partial charge in [-0.3, -0.25) is 9.59 Å². The molecule has 6 heteroatoms. The first kappa shape index (κ1) is 14.1. The summed E-state index contributed by atoms with van der Waals surface area (Å²) in [7, 11) is 1.59. The summed E-state index contributed by atoms with van der Waals surface area (Å²) in [5, 5.41) is 5.40. The number of aromatic nitrogens is 2. The van der Waals surface area contributed by atoms with E-state index in [9.17, 15) is 9.59 Å². The van der Waals surface area contributed by atoms with Gasteiger partial charge in [-0.1, -0.05) is 0 Å². The lowest BCUT2D eigenvalue weighted by molar-refractivity contribution is -0.121. The molecule has 0 aliphatic heterocycles. The maximum atomic E-state index is 11.9. The van der Waals surface area contributed by atoms with E-state index in [2.05, 4.69) is 20.6 Å². The largest absolute Gasteiger partial charge is 0.359 e. The highest BCUT2D eigenvalue weighted by atomic mass is 16.2. The molecule has 0 atom stereocenters. The van der Waals surface area contributed by atoms with Crippen molar-refractivity contribution in [1.82, 2.24) is 20.6 Å². The number of carbonyl (C=O) groups is 2. The molecule has 6 nitrogen and oxygen atoms in total. The van der Waals surface area contributed by atoms with E-state index in [4.69, 9.17) is 0 Å². The zero-order valence-electron chi connectivity index (χ0n) is 10.9. The van der Waals surface area contributed by atoms with Gasteiger partial charge in [-0.2, -0.15) is 0 Å². The minimum absolute atomic E-state index is 0.0413. The lowest BCUT2D eigenvalue weighted by Gasteiger charge is -2.25. The summed E-state index contributed by atoms with van der Waals surface area (Å²) in [4.78, 5) is 30.6. The Morgan fingerprint density at radius 2 is 1.89 bits per heavy atom. The zero-order valence-corrected chi connectivity index (χ0v) is 10.9. The summed E-state index contributed by atoms with van der Waals surface area (Å²) in [5.74, 6) is -0.280. The standard InChI is InChI=1S/C12H18N4O2/c1-12(2,5-4-10(17)13-3)16-11(18)9-6-14-8-15-7-9/h6-8H,4-5H2,1-3H3,(H,13,17)(H,16,18). The fraction of sp³-hybridized carbons (Fsp3) is 0.500. The van der Waals surface area contributed by atoms with E-state index < -0.39 is 5.54 Å². The molecule has 0 fully saturated rings. The average Bonchev–Trinajstić information content (AvgIpc) is 2.36. The summed E-state index contributed by atoms with van der Waals surface area (Å²) >= 11 is 0. The van der Waals surface area contributed by atoms with Gasteiger partial charge in [-0.25, -0.2) is 9.97 Å². The second-order valence-electron chi connectivity index (χ2n) is 4.64. The van der Waals surface area contributed by atoms with Gasteiger partial charge in [0, 0.05) is 31.4 Å². The summed E-state index contributed by atoms with van der Waals surface area (Å²) in [6, 6.07) is 0. The number of hydrogen-bond acceptors (Lipinski definition) is 4. The van der Waals surface area contributed by atoms with Crippen LogP contribution in [0.5, 0.6) is 0 Å². The van der Waals surface area contributed by atoms with E-state index in [1.54, 1.807) is 7.05 Å². The third-order valence-electron chi connectivity index (χ3n) is 2.53. The molecule has 0 aliphatic carbocycles. The predicted octanol–water partition coefficient (Wildman–Crippen LogP) is 0.511. The highest BCUT2D eigenvalue weighted by molar-refractivity contribution is 5.94. The Balaban J connectivity index is 2.55. The van der Waals surface area contributed by atoms with Gasteiger partial charge < -0.3 is 10.6 Å². The lowest BCUT2D eigenvalue weighted by atomic mass is 9.97. The Hall–Kier alpha value is -1.98. The molecule has 2 amide bonds. The first-order chi connectivity index (χ1) is 8.44. The minimum Gasteiger partial charge on any atom is -0.359 e. The lowest BCUT2D eigenvalue weighted by Crippen LogP contribution is -2.44. The van der Waals surface area contributed by atoms with Crippen LogP contribution in [0.4, 0.5) is 0 Å². The Morgan fingerprint density at radius 1 is 1.28 bits per heavy atom. The van der Waals surface area contributed by atoms with E-state index in [1.807, 2.05) is 13.8 Å². The van der Waals surface area contributed by atoms with Gasteiger partial charge in [-0.15, -0.1) is 0 Å². The summed E-state index contributed by atoms with van der Waals surface area (Å²) in [5.41, 5.74) is -0.0510. The molecule has 1 aromatic rings. The molecule has 0 saturated heterocycles. The van der Waals surface area contributed by atoms with Crippen molar-refractivity contribution in [2.24, 2.45) is 0 Å². The van der Waals surface area contributed by atoms with Crippen LogP contribution < -0.4 is 10.6 Å². The van der Waals surface area contributed by atoms with Crippen molar-refractivity contribution >= 4 is 11.8 Å². The molecule has 98 valence electrons. The zero-order chi connectivity index (χ0) is 13.6. The fourth-order valence-electron chi connectivity index (χ4n) is 1.41. The van der Waals surface area contributed by atoms with E-state index in [0.29, 0.717) is 18.4 Å². The van der Waals surface area contributed by atoms with Gasteiger partial charge in [-0.05, 0) is 20.3 Å².